The summed E-state index contributed by atoms with van der Waals surface area (Å²) >= 11 is 0. The summed E-state index contributed by atoms with van der Waals surface area (Å²) in [6, 6.07) is 14.0. The second-order valence-electron chi connectivity index (χ2n) is 7.83. The number of hydrogen-bond donors (Lipinski definition) is 1. The molecule has 0 bridgehead atoms. The zero-order valence-electron chi connectivity index (χ0n) is 16.1. The molecule has 2 aromatic carbocycles. The Labute approximate surface area is 164 Å². The van der Waals surface area contributed by atoms with E-state index in [1.807, 2.05) is 60.2 Å². The highest BCUT2D eigenvalue weighted by atomic mass is 16.5. The number of aryl methyl sites for hydroxylation is 1. The minimum absolute atomic E-state index is 0.104. The summed E-state index contributed by atoms with van der Waals surface area (Å²) in [6.45, 7) is 1.58. The van der Waals surface area contributed by atoms with Crippen molar-refractivity contribution in [2.24, 2.45) is 13.0 Å². The van der Waals surface area contributed by atoms with Crippen molar-refractivity contribution in [1.82, 2.24) is 19.8 Å². The van der Waals surface area contributed by atoms with Crippen LogP contribution in [-0.4, -0.2) is 46.5 Å². The molecule has 6 nitrogen and oxygen atoms in total. The zero-order valence-corrected chi connectivity index (χ0v) is 16.1. The molecule has 5 rings (SSSR count). The lowest BCUT2D eigenvalue weighted by Crippen LogP contribution is -2.52. The van der Waals surface area contributed by atoms with Gasteiger partial charge < -0.3 is 19.5 Å². The van der Waals surface area contributed by atoms with Crippen LogP contribution >= 0.6 is 0 Å². The Morgan fingerprint density at radius 3 is 2.79 bits per heavy atom. The molecule has 6 heteroatoms. The summed E-state index contributed by atoms with van der Waals surface area (Å²) < 4.78 is 8.41. The Morgan fingerprint density at radius 1 is 1.14 bits per heavy atom. The zero-order chi connectivity index (χ0) is 19.3. The maximum Gasteiger partial charge on any atom is 0.239 e. The number of fused-ring (bicyclic) bond motifs is 2. The van der Waals surface area contributed by atoms with Crippen LogP contribution in [0.25, 0.3) is 11.0 Å². The molecule has 1 N–H and O–H groups in total. The van der Waals surface area contributed by atoms with Gasteiger partial charge in [0.1, 0.15) is 11.3 Å². The summed E-state index contributed by atoms with van der Waals surface area (Å²) in [5.41, 5.74) is 3.04. The molecule has 2 saturated heterocycles. The quantitative estimate of drug-likeness (QED) is 0.764. The van der Waals surface area contributed by atoms with Gasteiger partial charge in [-0.3, -0.25) is 4.79 Å². The van der Waals surface area contributed by atoms with Crippen molar-refractivity contribution in [3.63, 3.8) is 0 Å². The number of nitrogens with zero attached hydrogens (tertiary/aromatic N) is 3. The highest BCUT2D eigenvalue weighted by Gasteiger charge is 2.45. The van der Waals surface area contributed by atoms with Crippen LogP contribution in [0.4, 0.5) is 0 Å². The van der Waals surface area contributed by atoms with E-state index in [1.165, 1.54) is 0 Å². The normalized spacial score (nSPS) is 24.6. The van der Waals surface area contributed by atoms with Crippen LogP contribution in [0.1, 0.15) is 17.9 Å². The molecule has 0 radical (unpaired) electrons. The first-order chi connectivity index (χ1) is 13.6. The third-order valence-corrected chi connectivity index (χ3v) is 6.14. The van der Waals surface area contributed by atoms with Crippen molar-refractivity contribution >= 4 is 16.9 Å². The minimum atomic E-state index is -0.104. The number of piperidine rings is 1. The molecule has 3 heterocycles. The van der Waals surface area contributed by atoms with Crippen LogP contribution in [0.3, 0.4) is 0 Å². The van der Waals surface area contributed by atoms with E-state index in [2.05, 4.69) is 22.4 Å². The van der Waals surface area contributed by atoms with E-state index < -0.39 is 0 Å². The number of likely N-dealkylation sites (tertiary alicyclic amines) is 1. The highest BCUT2D eigenvalue weighted by Crippen LogP contribution is 2.44. The predicted octanol–water partition coefficient (Wildman–Crippen LogP) is 2.90. The van der Waals surface area contributed by atoms with Gasteiger partial charge in [-0.25, -0.2) is 4.98 Å². The number of rotatable bonds is 3. The van der Waals surface area contributed by atoms with Crippen molar-refractivity contribution in [3.05, 3.63) is 54.4 Å². The predicted molar refractivity (Wildman–Crippen MR) is 108 cm³/mol. The Hall–Kier alpha value is -2.86. The number of amides is 1. The maximum absolute atomic E-state index is 12.6. The van der Waals surface area contributed by atoms with E-state index in [0.717, 1.165) is 41.1 Å². The van der Waals surface area contributed by atoms with Crippen LogP contribution in [0.15, 0.2) is 48.8 Å². The first-order valence-corrected chi connectivity index (χ1v) is 9.78. The van der Waals surface area contributed by atoms with Crippen LogP contribution < -0.4 is 10.1 Å². The number of hydrogen-bond acceptors (Lipinski definition) is 4. The molecule has 28 heavy (non-hydrogen) atoms. The number of benzene rings is 2. The largest absolute Gasteiger partial charge is 0.455 e. The van der Waals surface area contributed by atoms with E-state index in [1.54, 1.807) is 0 Å². The molecule has 1 aromatic heterocycles. The number of carbonyl (C=O) groups is 1. The lowest BCUT2D eigenvalue weighted by molar-refractivity contribution is -0.136. The van der Waals surface area contributed by atoms with Crippen LogP contribution in [0.5, 0.6) is 11.5 Å². The SMILES string of the molecule is CN1CC(c2ccc3c(ncn3C)c2Oc2ccccc2)C2CCNC2C1=O. The molecule has 144 valence electrons. The molecule has 2 aliphatic heterocycles. The maximum atomic E-state index is 12.6. The van der Waals surface area contributed by atoms with Gasteiger partial charge in [0.2, 0.25) is 5.91 Å². The molecule has 3 aromatic rings. The number of para-hydroxylation sites is 1. The van der Waals surface area contributed by atoms with Crippen LogP contribution in [-0.2, 0) is 11.8 Å². The molecule has 3 unspecified atom stereocenters. The average molecular weight is 376 g/mol. The van der Waals surface area contributed by atoms with Crippen LogP contribution in [0, 0.1) is 5.92 Å². The number of aromatic nitrogens is 2. The summed E-state index contributed by atoms with van der Waals surface area (Å²) in [4.78, 5) is 19.1. The number of ether oxygens (including phenoxy) is 1. The number of likely N-dealkylation sites (N-methyl/N-ethyl adjacent to an activating group) is 1. The fraction of sp³-hybridized carbons (Fsp3) is 0.364. The van der Waals surface area contributed by atoms with Gasteiger partial charge in [-0.2, -0.15) is 0 Å². The second kappa shape index (κ2) is 6.63. The number of nitrogens with one attached hydrogen (secondary N) is 1. The Morgan fingerprint density at radius 2 is 1.96 bits per heavy atom. The first-order valence-electron chi connectivity index (χ1n) is 9.78. The molecule has 1 amide bonds. The molecule has 2 aliphatic rings. The molecule has 2 fully saturated rings. The Kier molecular flexibility index (Phi) is 4.09. The van der Waals surface area contributed by atoms with Gasteiger partial charge in [-0.05, 0) is 37.1 Å². The standard InChI is InChI=1S/C22H24N4O2/c1-25-12-17(15-10-11-23-19(15)22(25)27)16-8-9-18-20(24-13-26(18)2)21(16)28-14-6-4-3-5-7-14/h3-9,13,15,17,19,23H,10-12H2,1-2H3. The van der Waals surface area contributed by atoms with Gasteiger partial charge in [0, 0.05) is 32.1 Å². The van der Waals surface area contributed by atoms with Crippen LogP contribution in [0.2, 0.25) is 0 Å². The lowest BCUT2D eigenvalue weighted by atomic mass is 9.77. The van der Waals surface area contributed by atoms with E-state index >= 15 is 0 Å². The summed E-state index contributed by atoms with van der Waals surface area (Å²) in [5.74, 6) is 2.30. The van der Waals surface area contributed by atoms with Crippen molar-refractivity contribution in [3.8, 4) is 11.5 Å². The molecule has 3 atom stereocenters. The number of carbonyl (C=O) groups excluding carboxylic acids is 1. The molecular formula is C22H24N4O2. The molecular weight excluding hydrogens is 352 g/mol. The summed E-state index contributed by atoms with van der Waals surface area (Å²) in [6.07, 6.45) is 2.82. The first kappa shape index (κ1) is 17.3. The minimum Gasteiger partial charge on any atom is -0.455 e. The van der Waals surface area contributed by atoms with Gasteiger partial charge in [0.25, 0.3) is 0 Å². The third kappa shape index (κ3) is 2.67. The summed E-state index contributed by atoms with van der Waals surface area (Å²) in [7, 11) is 3.88. The van der Waals surface area contributed by atoms with E-state index in [-0.39, 0.29) is 23.8 Å². The Balaban J connectivity index is 1.64. The molecule has 0 aliphatic carbocycles. The number of imidazole rings is 1. The topological polar surface area (TPSA) is 59.4 Å². The second-order valence-corrected chi connectivity index (χ2v) is 7.83. The molecule has 0 saturated carbocycles. The van der Waals surface area contributed by atoms with E-state index in [0.29, 0.717) is 6.54 Å². The van der Waals surface area contributed by atoms with Crippen molar-refractivity contribution in [2.75, 3.05) is 20.1 Å². The van der Waals surface area contributed by atoms with Gasteiger partial charge in [-0.1, -0.05) is 24.3 Å². The van der Waals surface area contributed by atoms with Crippen molar-refractivity contribution < 1.29 is 9.53 Å². The molecule has 0 spiro atoms. The Bertz CT molecular complexity index is 1030. The van der Waals surface area contributed by atoms with E-state index in [9.17, 15) is 4.79 Å². The third-order valence-electron chi connectivity index (χ3n) is 6.14. The van der Waals surface area contributed by atoms with Gasteiger partial charge in [0.15, 0.2) is 5.75 Å². The highest BCUT2D eigenvalue weighted by molar-refractivity contribution is 5.86. The smallest absolute Gasteiger partial charge is 0.239 e. The van der Waals surface area contributed by atoms with Gasteiger partial charge in [-0.15, -0.1) is 0 Å². The lowest BCUT2D eigenvalue weighted by Gasteiger charge is -2.39. The fourth-order valence-electron chi connectivity index (χ4n) is 4.71. The van der Waals surface area contributed by atoms with E-state index in [4.69, 9.17) is 4.74 Å². The van der Waals surface area contributed by atoms with Crippen molar-refractivity contribution in [1.29, 1.82) is 0 Å². The van der Waals surface area contributed by atoms with Gasteiger partial charge >= 0.3 is 0 Å². The summed E-state index contributed by atoms with van der Waals surface area (Å²) in [5, 5.41) is 3.40. The van der Waals surface area contributed by atoms with Gasteiger partial charge in [0.05, 0.1) is 17.9 Å². The van der Waals surface area contributed by atoms with Crippen molar-refractivity contribution in [2.45, 2.75) is 18.4 Å². The fourth-order valence-corrected chi connectivity index (χ4v) is 4.71. The monoisotopic (exact) mass is 376 g/mol. The average Bonchev–Trinajstić information content (AvgIpc) is 3.34.